The fourth-order valence-corrected chi connectivity index (χ4v) is 2.50. The number of aryl methyl sites for hydroxylation is 1. The van der Waals surface area contributed by atoms with Crippen LogP contribution in [0.1, 0.15) is 22.6 Å². The van der Waals surface area contributed by atoms with E-state index < -0.39 is 12.1 Å². The molecule has 6 nitrogen and oxygen atoms in total. The zero-order valence-corrected chi connectivity index (χ0v) is 11.9. The van der Waals surface area contributed by atoms with E-state index in [-0.39, 0.29) is 38.0 Å². The van der Waals surface area contributed by atoms with Crippen molar-refractivity contribution >= 4 is 11.8 Å². The van der Waals surface area contributed by atoms with Crippen LogP contribution in [0.5, 0.6) is 0 Å². The highest BCUT2D eigenvalue weighted by Gasteiger charge is 2.32. The third-order valence-corrected chi connectivity index (χ3v) is 3.45. The van der Waals surface area contributed by atoms with E-state index in [0.29, 0.717) is 5.69 Å². The van der Waals surface area contributed by atoms with Crippen molar-refractivity contribution in [3.63, 3.8) is 0 Å². The summed E-state index contributed by atoms with van der Waals surface area (Å²) in [4.78, 5) is 28.7. The minimum atomic E-state index is -0.997. The van der Waals surface area contributed by atoms with Crippen molar-refractivity contribution in [3.05, 3.63) is 29.6 Å². The minimum Gasteiger partial charge on any atom is -0.369 e. The van der Waals surface area contributed by atoms with Gasteiger partial charge in [0, 0.05) is 24.8 Å². The Bertz CT molecular complexity index is 537. The molecule has 114 valence electrons. The molecule has 3 N–H and O–H groups in total. The number of hydrogen-bond acceptors (Lipinski definition) is 4. The Labute approximate surface area is 122 Å². The van der Waals surface area contributed by atoms with E-state index in [9.17, 15) is 14.0 Å². The Morgan fingerprint density at radius 3 is 2.95 bits per heavy atom. The van der Waals surface area contributed by atoms with Crippen LogP contribution in [0.3, 0.4) is 0 Å². The first-order chi connectivity index (χ1) is 9.95. The molecule has 2 heterocycles. The van der Waals surface area contributed by atoms with Gasteiger partial charge in [0.15, 0.2) is 0 Å². The largest absolute Gasteiger partial charge is 0.369 e. The van der Waals surface area contributed by atoms with Gasteiger partial charge in [-0.3, -0.25) is 14.5 Å². The number of primary amides is 1. The fraction of sp³-hybridized carbons (Fsp3) is 0.500. The maximum atomic E-state index is 13.5. The van der Waals surface area contributed by atoms with Crippen molar-refractivity contribution in [2.24, 2.45) is 5.73 Å². The Balaban J connectivity index is 1.92. The number of nitrogens with one attached hydrogen (secondary N) is 1. The van der Waals surface area contributed by atoms with Gasteiger partial charge in [-0.1, -0.05) is 6.07 Å². The first kappa shape index (κ1) is 15.4. The number of pyridine rings is 1. The molecule has 1 fully saturated rings. The van der Waals surface area contributed by atoms with E-state index >= 15 is 0 Å². The van der Waals surface area contributed by atoms with Crippen LogP contribution in [0, 0.1) is 6.92 Å². The van der Waals surface area contributed by atoms with Crippen LogP contribution in [0.25, 0.3) is 0 Å². The van der Waals surface area contributed by atoms with Crippen molar-refractivity contribution < 1.29 is 14.0 Å². The molecule has 1 saturated heterocycles. The van der Waals surface area contributed by atoms with Gasteiger partial charge in [-0.05, 0) is 25.5 Å². The van der Waals surface area contributed by atoms with Crippen molar-refractivity contribution in [1.29, 1.82) is 0 Å². The Morgan fingerprint density at radius 2 is 2.29 bits per heavy atom. The molecule has 0 aromatic carbocycles. The van der Waals surface area contributed by atoms with Crippen LogP contribution in [-0.2, 0) is 4.79 Å². The highest BCUT2D eigenvalue weighted by atomic mass is 19.1. The average molecular weight is 294 g/mol. The first-order valence-electron chi connectivity index (χ1n) is 6.84. The Hall–Kier alpha value is -2.02. The van der Waals surface area contributed by atoms with E-state index in [4.69, 9.17) is 5.73 Å². The van der Waals surface area contributed by atoms with Crippen LogP contribution >= 0.6 is 0 Å². The average Bonchev–Trinajstić information content (AvgIpc) is 2.75. The van der Waals surface area contributed by atoms with E-state index in [1.807, 2.05) is 0 Å². The second-order valence-electron chi connectivity index (χ2n) is 5.26. The number of nitrogens with zero attached hydrogens (tertiary/aromatic N) is 2. The lowest BCUT2D eigenvalue weighted by atomic mass is 10.2. The summed E-state index contributed by atoms with van der Waals surface area (Å²) in [7, 11) is 0. The summed E-state index contributed by atoms with van der Waals surface area (Å²) in [5.41, 5.74) is 6.22. The number of halogens is 1. The molecule has 1 aromatic heterocycles. The zero-order valence-electron chi connectivity index (χ0n) is 11.9. The summed E-state index contributed by atoms with van der Waals surface area (Å²) in [6, 6.07) is 4.96. The van der Waals surface area contributed by atoms with Crippen molar-refractivity contribution in [2.75, 3.05) is 19.6 Å². The number of alkyl halides is 1. The molecule has 0 aliphatic carbocycles. The summed E-state index contributed by atoms with van der Waals surface area (Å²) in [6.45, 7) is 2.24. The summed E-state index contributed by atoms with van der Waals surface area (Å²) in [5, 5.41) is 2.73. The summed E-state index contributed by atoms with van der Waals surface area (Å²) in [5.74, 6) is -0.805. The molecule has 2 rings (SSSR count). The number of amides is 2. The number of hydrogen-bond donors (Lipinski definition) is 2. The number of nitrogens with two attached hydrogens (primary N) is 1. The molecule has 7 heteroatoms. The maximum Gasteiger partial charge on any atom is 0.269 e. The Kier molecular flexibility index (Phi) is 4.85. The molecule has 2 atom stereocenters. The van der Waals surface area contributed by atoms with Gasteiger partial charge in [-0.25, -0.2) is 9.37 Å². The predicted octanol–water partition coefficient (Wildman–Crippen LogP) is 0.0175. The van der Waals surface area contributed by atoms with E-state index in [1.54, 1.807) is 30.0 Å². The molecule has 2 amide bonds. The van der Waals surface area contributed by atoms with Crippen LogP contribution in [-0.4, -0.2) is 53.5 Å². The summed E-state index contributed by atoms with van der Waals surface area (Å²) in [6.07, 6.45) is -0.710. The monoisotopic (exact) mass is 294 g/mol. The topological polar surface area (TPSA) is 88.3 Å². The number of aromatic nitrogens is 1. The molecule has 0 saturated carbocycles. The summed E-state index contributed by atoms with van der Waals surface area (Å²) < 4.78 is 13.5. The summed E-state index contributed by atoms with van der Waals surface area (Å²) >= 11 is 0. The highest BCUT2D eigenvalue weighted by Crippen LogP contribution is 2.19. The molecule has 0 spiro atoms. The van der Waals surface area contributed by atoms with Gasteiger partial charge < -0.3 is 11.1 Å². The fourth-order valence-electron chi connectivity index (χ4n) is 2.50. The van der Waals surface area contributed by atoms with E-state index in [2.05, 4.69) is 10.3 Å². The van der Waals surface area contributed by atoms with Gasteiger partial charge in [0.25, 0.3) is 5.91 Å². The molecule has 1 aliphatic heterocycles. The second kappa shape index (κ2) is 6.62. The lowest BCUT2D eigenvalue weighted by Gasteiger charge is -2.22. The van der Waals surface area contributed by atoms with Crippen molar-refractivity contribution in [1.82, 2.24) is 15.2 Å². The number of likely N-dealkylation sites (tertiary alicyclic amines) is 1. The second-order valence-corrected chi connectivity index (χ2v) is 5.26. The SMILES string of the molecule is Cc1cccc(C(=O)NC[C@@H]2C[C@H](F)CN2CC(N)=O)n1. The predicted molar refractivity (Wildman–Crippen MR) is 75.4 cm³/mol. The quantitative estimate of drug-likeness (QED) is 0.801. The first-order valence-corrected chi connectivity index (χ1v) is 6.84. The molecule has 0 bridgehead atoms. The van der Waals surface area contributed by atoms with E-state index in [1.165, 1.54) is 0 Å². The van der Waals surface area contributed by atoms with E-state index in [0.717, 1.165) is 5.69 Å². The third kappa shape index (κ3) is 4.22. The standard InChI is InChI=1S/C14H19FN4O2/c1-9-3-2-4-12(18-9)14(21)17-6-11-5-10(15)7-19(11)8-13(16)20/h2-4,10-11H,5-8H2,1H3,(H2,16,20)(H,17,21)/t10-,11-/m0/s1. The van der Waals surface area contributed by atoms with Gasteiger partial charge in [0.2, 0.25) is 5.91 Å². The normalized spacial score (nSPS) is 22.2. The molecule has 0 unspecified atom stereocenters. The number of carbonyl (C=O) groups excluding carboxylic acids is 2. The molecule has 0 radical (unpaired) electrons. The maximum absolute atomic E-state index is 13.5. The molecular formula is C14H19FN4O2. The lowest BCUT2D eigenvalue weighted by molar-refractivity contribution is -0.119. The minimum absolute atomic E-state index is 0.00362. The molecule has 1 aliphatic rings. The van der Waals surface area contributed by atoms with Gasteiger partial charge in [0.1, 0.15) is 11.9 Å². The zero-order chi connectivity index (χ0) is 15.4. The Morgan fingerprint density at radius 1 is 1.52 bits per heavy atom. The van der Waals surface area contributed by atoms with Crippen LogP contribution < -0.4 is 11.1 Å². The highest BCUT2D eigenvalue weighted by molar-refractivity contribution is 5.92. The van der Waals surface area contributed by atoms with Crippen LogP contribution in [0.2, 0.25) is 0 Å². The molecule has 1 aromatic rings. The van der Waals surface area contributed by atoms with Crippen LogP contribution in [0.4, 0.5) is 4.39 Å². The smallest absolute Gasteiger partial charge is 0.269 e. The van der Waals surface area contributed by atoms with Crippen molar-refractivity contribution in [3.8, 4) is 0 Å². The number of rotatable bonds is 5. The molecular weight excluding hydrogens is 275 g/mol. The van der Waals surface area contributed by atoms with Crippen LogP contribution in [0.15, 0.2) is 18.2 Å². The van der Waals surface area contributed by atoms with Gasteiger partial charge in [-0.15, -0.1) is 0 Å². The van der Waals surface area contributed by atoms with Crippen molar-refractivity contribution in [2.45, 2.75) is 25.6 Å². The lowest BCUT2D eigenvalue weighted by Crippen LogP contribution is -2.43. The van der Waals surface area contributed by atoms with Gasteiger partial charge in [0.05, 0.1) is 6.54 Å². The van der Waals surface area contributed by atoms with Gasteiger partial charge in [-0.2, -0.15) is 0 Å². The third-order valence-electron chi connectivity index (χ3n) is 3.45. The number of carbonyl (C=O) groups is 2. The molecule has 21 heavy (non-hydrogen) atoms. The van der Waals surface area contributed by atoms with Gasteiger partial charge >= 0.3 is 0 Å².